The number of halogens is 3. The molecule has 1 amide bonds. The van der Waals surface area contributed by atoms with Crippen LogP contribution in [-0.2, 0) is 0 Å². The van der Waals surface area contributed by atoms with Crippen LogP contribution in [-0.4, -0.2) is 12.5 Å². The van der Waals surface area contributed by atoms with Gasteiger partial charge in [0.1, 0.15) is 5.82 Å². The van der Waals surface area contributed by atoms with E-state index in [9.17, 15) is 9.18 Å². The molecule has 0 aliphatic rings. The number of carbonyl (C=O) groups excluding carboxylic acids is 1. The minimum absolute atomic E-state index is 0.274. The Morgan fingerprint density at radius 1 is 1.47 bits per heavy atom. The third kappa shape index (κ3) is 4.13. The first-order chi connectivity index (χ1) is 6.99. The molecule has 0 saturated heterocycles. The second-order valence-electron chi connectivity index (χ2n) is 2.86. The van der Waals surface area contributed by atoms with Gasteiger partial charge in [0.05, 0.1) is 0 Å². The second kappa shape index (κ2) is 5.42. The maximum atomic E-state index is 13.0. The molecule has 1 rings (SSSR count). The van der Waals surface area contributed by atoms with Crippen molar-refractivity contribution >= 4 is 37.8 Å². The fraction of sp³-hybridized carbons (Fsp3) is 0.100. The lowest BCUT2D eigenvalue weighted by molar-refractivity contribution is 0.0957. The largest absolute Gasteiger partial charge is 0.347 e. The first-order valence-corrected chi connectivity index (χ1v) is 5.65. The molecule has 0 unspecified atom stereocenters. The van der Waals surface area contributed by atoms with Crippen LogP contribution in [0.2, 0.25) is 0 Å². The lowest BCUT2D eigenvalue weighted by Crippen LogP contribution is -2.24. The molecule has 80 valence electrons. The second-order valence-corrected chi connectivity index (χ2v) is 4.90. The molecule has 0 saturated carbocycles. The molecule has 2 nitrogen and oxygen atoms in total. The molecular formula is C10H8Br2FNO. The molecule has 5 heteroatoms. The zero-order valence-electron chi connectivity index (χ0n) is 7.69. The summed E-state index contributed by atoms with van der Waals surface area (Å²) in [6.07, 6.45) is 0. The van der Waals surface area contributed by atoms with Gasteiger partial charge in [-0.05, 0) is 18.2 Å². The minimum atomic E-state index is -0.452. The van der Waals surface area contributed by atoms with E-state index in [0.717, 1.165) is 0 Å². The maximum Gasteiger partial charge on any atom is 0.251 e. The van der Waals surface area contributed by atoms with Crippen LogP contribution >= 0.6 is 31.9 Å². The smallest absolute Gasteiger partial charge is 0.251 e. The summed E-state index contributed by atoms with van der Waals surface area (Å²) in [7, 11) is 0. The van der Waals surface area contributed by atoms with E-state index in [1.165, 1.54) is 12.1 Å². The van der Waals surface area contributed by atoms with Crippen LogP contribution in [0.3, 0.4) is 0 Å². The highest BCUT2D eigenvalue weighted by Crippen LogP contribution is 2.14. The molecule has 15 heavy (non-hydrogen) atoms. The van der Waals surface area contributed by atoms with Gasteiger partial charge in [0, 0.05) is 21.1 Å². The molecule has 1 aromatic carbocycles. The van der Waals surface area contributed by atoms with Crippen molar-refractivity contribution in [3.05, 3.63) is 45.1 Å². The highest BCUT2D eigenvalue weighted by atomic mass is 79.9. The van der Waals surface area contributed by atoms with Gasteiger partial charge in [-0.2, -0.15) is 0 Å². The molecule has 0 aliphatic carbocycles. The van der Waals surface area contributed by atoms with Crippen molar-refractivity contribution in [2.24, 2.45) is 0 Å². The molecule has 0 spiro atoms. The van der Waals surface area contributed by atoms with Crippen LogP contribution in [0, 0.1) is 5.82 Å². The van der Waals surface area contributed by atoms with Crippen LogP contribution in [0.25, 0.3) is 0 Å². The van der Waals surface area contributed by atoms with Gasteiger partial charge in [-0.3, -0.25) is 4.79 Å². The van der Waals surface area contributed by atoms with Crippen molar-refractivity contribution in [1.82, 2.24) is 5.32 Å². The minimum Gasteiger partial charge on any atom is -0.347 e. The Hall–Kier alpha value is -0.680. The lowest BCUT2D eigenvalue weighted by atomic mass is 10.2. The van der Waals surface area contributed by atoms with Gasteiger partial charge in [-0.25, -0.2) is 4.39 Å². The summed E-state index contributed by atoms with van der Waals surface area (Å²) in [6, 6.07) is 4.02. The van der Waals surface area contributed by atoms with E-state index in [1.807, 2.05) is 0 Å². The van der Waals surface area contributed by atoms with Gasteiger partial charge >= 0.3 is 0 Å². The molecular weight excluding hydrogens is 329 g/mol. The van der Waals surface area contributed by atoms with E-state index < -0.39 is 5.82 Å². The van der Waals surface area contributed by atoms with Gasteiger partial charge in [0.2, 0.25) is 0 Å². The highest BCUT2D eigenvalue weighted by molar-refractivity contribution is 9.11. The van der Waals surface area contributed by atoms with Gasteiger partial charge in [0.25, 0.3) is 5.91 Å². The Morgan fingerprint density at radius 3 is 2.67 bits per heavy atom. The molecule has 0 fully saturated rings. The van der Waals surface area contributed by atoms with Gasteiger partial charge < -0.3 is 5.32 Å². The number of carbonyl (C=O) groups is 1. The van der Waals surface area contributed by atoms with Crippen LogP contribution < -0.4 is 5.32 Å². The SMILES string of the molecule is C=C(Br)CNC(=O)c1cc(F)cc(Br)c1. The third-order valence-corrected chi connectivity index (χ3v) is 2.30. The van der Waals surface area contributed by atoms with Crippen molar-refractivity contribution in [3.8, 4) is 0 Å². The van der Waals surface area contributed by atoms with E-state index in [1.54, 1.807) is 6.07 Å². The van der Waals surface area contributed by atoms with Crippen LogP contribution in [0.1, 0.15) is 10.4 Å². The van der Waals surface area contributed by atoms with Crippen LogP contribution in [0.5, 0.6) is 0 Å². The van der Waals surface area contributed by atoms with Crippen molar-refractivity contribution in [2.75, 3.05) is 6.54 Å². The summed E-state index contributed by atoms with van der Waals surface area (Å²) in [5.41, 5.74) is 0.274. The van der Waals surface area contributed by atoms with Crippen molar-refractivity contribution in [1.29, 1.82) is 0 Å². The van der Waals surface area contributed by atoms with E-state index in [4.69, 9.17) is 0 Å². The Kier molecular flexibility index (Phi) is 4.47. The Bertz CT molecular complexity index is 386. The normalized spacial score (nSPS) is 9.80. The highest BCUT2D eigenvalue weighted by Gasteiger charge is 2.07. The molecule has 0 heterocycles. The zero-order valence-corrected chi connectivity index (χ0v) is 10.9. The topological polar surface area (TPSA) is 29.1 Å². The molecule has 0 bridgehead atoms. The summed E-state index contributed by atoms with van der Waals surface area (Å²) in [5.74, 6) is -0.789. The monoisotopic (exact) mass is 335 g/mol. The van der Waals surface area contributed by atoms with E-state index in [-0.39, 0.29) is 11.5 Å². The molecule has 1 aromatic rings. The zero-order chi connectivity index (χ0) is 11.4. The van der Waals surface area contributed by atoms with Gasteiger partial charge in [-0.1, -0.05) is 38.4 Å². The van der Waals surface area contributed by atoms with Crippen molar-refractivity contribution < 1.29 is 9.18 Å². The first kappa shape index (κ1) is 12.4. The van der Waals surface area contributed by atoms with Crippen LogP contribution in [0.15, 0.2) is 33.7 Å². The van der Waals surface area contributed by atoms with Crippen molar-refractivity contribution in [2.45, 2.75) is 0 Å². The average Bonchev–Trinajstić information content (AvgIpc) is 2.12. The summed E-state index contributed by atoms with van der Waals surface area (Å²) >= 11 is 6.23. The molecule has 0 atom stereocenters. The van der Waals surface area contributed by atoms with Crippen LogP contribution in [0.4, 0.5) is 4.39 Å². The quantitative estimate of drug-likeness (QED) is 0.902. The summed E-state index contributed by atoms with van der Waals surface area (Å²) in [6.45, 7) is 3.89. The predicted molar refractivity (Wildman–Crippen MR) is 64.5 cm³/mol. The number of hydrogen-bond acceptors (Lipinski definition) is 1. The standard InChI is InChI=1S/C10H8Br2FNO/c1-6(11)5-14-10(15)7-2-8(12)4-9(13)3-7/h2-4H,1,5H2,(H,14,15). The molecule has 0 aliphatic heterocycles. The fourth-order valence-corrected chi connectivity index (χ4v) is 1.57. The fourth-order valence-electron chi connectivity index (χ4n) is 0.963. The lowest BCUT2D eigenvalue weighted by Gasteiger charge is -2.04. The Morgan fingerprint density at radius 2 is 2.13 bits per heavy atom. The Balaban J connectivity index is 2.77. The average molecular weight is 337 g/mol. The molecule has 0 aromatic heterocycles. The summed E-state index contributed by atoms with van der Waals surface area (Å²) in [5, 5.41) is 2.58. The van der Waals surface area contributed by atoms with Crippen molar-refractivity contribution in [3.63, 3.8) is 0 Å². The summed E-state index contributed by atoms with van der Waals surface area (Å²) < 4.78 is 14.1. The summed E-state index contributed by atoms with van der Waals surface area (Å²) in [4.78, 5) is 11.5. The van der Waals surface area contributed by atoms with Gasteiger partial charge in [-0.15, -0.1) is 0 Å². The molecule has 0 radical (unpaired) electrons. The van der Waals surface area contributed by atoms with E-state index >= 15 is 0 Å². The first-order valence-electron chi connectivity index (χ1n) is 4.06. The number of hydrogen-bond donors (Lipinski definition) is 1. The third-order valence-electron chi connectivity index (χ3n) is 1.57. The van der Waals surface area contributed by atoms with Gasteiger partial charge in [0.15, 0.2) is 0 Å². The van der Waals surface area contributed by atoms with E-state index in [2.05, 4.69) is 43.8 Å². The number of nitrogens with one attached hydrogen (secondary N) is 1. The Labute approximate surface area is 104 Å². The predicted octanol–water partition coefficient (Wildman–Crippen LogP) is 3.23. The number of amides is 1. The number of rotatable bonds is 3. The molecule has 1 N–H and O–H groups in total. The van der Waals surface area contributed by atoms with E-state index in [0.29, 0.717) is 15.5 Å². The maximum absolute atomic E-state index is 13.0. The number of benzene rings is 1.